The van der Waals surface area contributed by atoms with Gasteiger partial charge in [0.2, 0.25) is 0 Å². The number of aromatic hydroxyl groups is 3. The zero-order valence-electron chi connectivity index (χ0n) is 15.8. The molecule has 0 amide bonds. The third kappa shape index (κ3) is 4.81. The molecule has 24 heavy (non-hydrogen) atoms. The minimum Gasteiger partial charge on any atom is -0.508 e. The van der Waals surface area contributed by atoms with Crippen molar-refractivity contribution in [3.8, 4) is 17.2 Å². The number of rotatable bonds is 9. The number of phenolic OH excluding ortho intramolecular Hbond substituents is 3. The van der Waals surface area contributed by atoms with E-state index in [9.17, 15) is 15.3 Å². The fraction of sp³-hybridized carbons (Fsp3) is 0.714. The van der Waals surface area contributed by atoms with Gasteiger partial charge in [-0.25, -0.2) is 0 Å². The van der Waals surface area contributed by atoms with Gasteiger partial charge in [-0.2, -0.15) is 0 Å². The summed E-state index contributed by atoms with van der Waals surface area (Å²) in [6.45, 7) is 9.03. The Bertz CT molecular complexity index is 571. The Morgan fingerprint density at radius 2 is 1.62 bits per heavy atom. The van der Waals surface area contributed by atoms with Crippen molar-refractivity contribution in [1.82, 2.24) is 0 Å². The molecule has 0 radical (unpaired) electrons. The third-order valence-corrected chi connectivity index (χ3v) is 6.02. The van der Waals surface area contributed by atoms with Crippen molar-refractivity contribution in [3.63, 3.8) is 0 Å². The van der Waals surface area contributed by atoms with Crippen molar-refractivity contribution in [3.05, 3.63) is 17.2 Å². The van der Waals surface area contributed by atoms with E-state index >= 15 is 0 Å². The van der Waals surface area contributed by atoms with Crippen LogP contribution in [0.1, 0.15) is 83.8 Å². The molecule has 1 aromatic carbocycles. The van der Waals surface area contributed by atoms with Crippen LogP contribution in [0.15, 0.2) is 6.07 Å². The molecule has 0 bridgehead atoms. The molecule has 1 aliphatic carbocycles. The van der Waals surface area contributed by atoms with Crippen LogP contribution in [0.25, 0.3) is 0 Å². The molecule has 0 heterocycles. The molecule has 0 aliphatic heterocycles. The normalized spacial score (nSPS) is 16.3. The largest absolute Gasteiger partial charge is 0.508 e. The van der Waals surface area contributed by atoms with Crippen LogP contribution in [0, 0.1) is 10.8 Å². The highest BCUT2D eigenvalue weighted by Gasteiger charge is 2.36. The average Bonchev–Trinajstić information content (AvgIpc) is 3.24. The Morgan fingerprint density at radius 3 is 2.21 bits per heavy atom. The van der Waals surface area contributed by atoms with Crippen LogP contribution in [-0.4, -0.2) is 15.3 Å². The van der Waals surface area contributed by atoms with E-state index in [1.165, 1.54) is 18.9 Å². The zero-order valence-corrected chi connectivity index (χ0v) is 15.8. The Labute approximate surface area is 146 Å². The Balaban J connectivity index is 2.08. The molecule has 1 aliphatic rings. The van der Waals surface area contributed by atoms with Gasteiger partial charge in [0.15, 0.2) is 11.5 Å². The van der Waals surface area contributed by atoms with Crippen LogP contribution in [0.4, 0.5) is 0 Å². The maximum atomic E-state index is 10.3. The van der Waals surface area contributed by atoms with Gasteiger partial charge in [-0.1, -0.05) is 34.1 Å². The number of hydrogen-bond acceptors (Lipinski definition) is 3. The monoisotopic (exact) mass is 334 g/mol. The number of hydrogen-bond donors (Lipinski definition) is 3. The Hall–Kier alpha value is -1.38. The van der Waals surface area contributed by atoms with Crippen LogP contribution < -0.4 is 0 Å². The van der Waals surface area contributed by atoms with Gasteiger partial charge < -0.3 is 15.3 Å². The summed E-state index contributed by atoms with van der Waals surface area (Å²) in [5.74, 6) is -0.136. The average molecular weight is 335 g/mol. The van der Waals surface area contributed by atoms with E-state index in [1.807, 2.05) is 0 Å². The predicted molar refractivity (Wildman–Crippen MR) is 98.7 cm³/mol. The van der Waals surface area contributed by atoms with Crippen molar-refractivity contribution >= 4 is 0 Å². The molecular formula is C21H34O3. The highest BCUT2D eigenvalue weighted by molar-refractivity contribution is 5.55. The van der Waals surface area contributed by atoms with Crippen LogP contribution in [0.3, 0.4) is 0 Å². The first-order chi connectivity index (χ1) is 11.2. The van der Waals surface area contributed by atoms with Gasteiger partial charge in [-0.05, 0) is 62.2 Å². The first-order valence-electron chi connectivity index (χ1n) is 9.43. The molecule has 3 heteroatoms. The van der Waals surface area contributed by atoms with Crippen LogP contribution >= 0.6 is 0 Å². The molecule has 0 aromatic heterocycles. The van der Waals surface area contributed by atoms with Crippen LogP contribution in [0.5, 0.6) is 17.2 Å². The second-order valence-electron chi connectivity index (χ2n) is 8.76. The smallest absolute Gasteiger partial charge is 0.161 e. The molecule has 3 N–H and O–H groups in total. The Kier molecular flexibility index (Phi) is 5.72. The second-order valence-corrected chi connectivity index (χ2v) is 8.76. The summed E-state index contributed by atoms with van der Waals surface area (Å²) in [4.78, 5) is 0. The van der Waals surface area contributed by atoms with E-state index in [-0.39, 0.29) is 17.2 Å². The molecule has 1 saturated carbocycles. The van der Waals surface area contributed by atoms with Crippen molar-refractivity contribution in [2.24, 2.45) is 10.8 Å². The van der Waals surface area contributed by atoms with Gasteiger partial charge in [0.05, 0.1) is 0 Å². The third-order valence-electron chi connectivity index (χ3n) is 6.02. The molecule has 0 spiro atoms. The first kappa shape index (κ1) is 19.0. The quantitative estimate of drug-likeness (QED) is 0.402. The Morgan fingerprint density at radius 1 is 1.00 bits per heavy atom. The minimum absolute atomic E-state index is 0.0431. The van der Waals surface area contributed by atoms with Gasteiger partial charge in [-0.15, -0.1) is 0 Å². The summed E-state index contributed by atoms with van der Waals surface area (Å²) in [5, 5.41) is 30.4. The van der Waals surface area contributed by atoms with E-state index in [4.69, 9.17) is 0 Å². The molecule has 0 unspecified atom stereocenters. The highest BCUT2D eigenvalue weighted by Crippen LogP contribution is 2.49. The number of phenols is 3. The van der Waals surface area contributed by atoms with Crippen molar-refractivity contribution in [1.29, 1.82) is 0 Å². The molecule has 0 atom stereocenters. The highest BCUT2D eigenvalue weighted by atomic mass is 16.3. The molecule has 2 rings (SSSR count). The van der Waals surface area contributed by atoms with Gasteiger partial charge in [0.1, 0.15) is 5.75 Å². The molecule has 1 aromatic rings. The zero-order chi connectivity index (χ0) is 18.0. The van der Waals surface area contributed by atoms with E-state index in [0.717, 1.165) is 56.1 Å². The first-order valence-corrected chi connectivity index (χ1v) is 9.43. The fourth-order valence-electron chi connectivity index (χ4n) is 3.36. The number of benzene rings is 1. The maximum Gasteiger partial charge on any atom is 0.161 e. The SMILES string of the molecule is CCC(C)(C)CCCc1c(O)cc(O)c(O)c1CCCC1(C)CC1. The van der Waals surface area contributed by atoms with Crippen molar-refractivity contribution in [2.75, 3.05) is 0 Å². The fourth-order valence-corrected chi connectivity index (χ4v) is 3.36. The molecule has 136 valence electrons. The summed E-state index contributed by atoms with van der Waals surface area (Å²) in [6.07, 6.45) is 9.38. The molecule has 0 saturated heterocycles. The van der Waals surface area contributed by atoms with Crippen molar-refractivity contribution in [2.45, 2.75) is 85.5 Å². The lowest BCUT2D eigenvalue weighted by Crippen LogP contribution is -2.10. The lowest BCUT2D eigenvalue weighted by Gasteiger charge is -2.23. The van der Waals surface area contributed by atoms with E-state index in [2.05, 4.69) is 27.7 Å². The standard InChI is InChI=1S/C21H34O3/c1-5-20(2,3)10-6-8-15-16(9-7-11-21(4)12-13-21)19(24)18(23)14-17(15)22/h14,22-24H,5-13H2,1-4H3. The summed E-state index contributed by atoms with van der Waals surface area (Å²) >= 11 is 0. The minimum atomic E-state index is -0.210. The maximum absolute atomic E-state index is 10.3. The lowest BCUT2D eigenvalue weighted by atomic mass is 9.83. The van der Waals surface area contributed by atoms with E-state index < -0.39 is 0 Å². The van der Waals surface area contributed by atoms with Gasteiger partial charge in [0.25, 0.3) is 0 Å². The van der Waals surface area contributed by atoms with E-state index in [0.29, 0.717) is 10.8 Å². The second kappa shape index (κ2) is 7.25. The lowest BCUT2D eigenvalue weighted by molar-refractivity contribution is 0.311. The van der Waals surface area contributed by atoms with Crippen molar-refractivity contribution < 1.29 is 15.3 Å². The topological polar surface area (TPSA) is 60.7 Å². The van der Waals surface area contributed by atoms with Gasteiger partial charge >= 0.3 is 0 Å². The van der Waals surface area contributed by atoms with Gasteiger partial charge in [0, 0.05) is 17.2 Å². The van der Waals surface area contributed by atoms with E-state index in [1.54, 1.807) is 0 Å². The molecule has 1 fully saturated rings. The molecular weight excluding hydrogens is 300 g/mol. The predicted octanol–water partition coefficient (Wildman–Crippen LogP) is 5.69. The van der Waals surface area contributed by atoms with Gasteiger partial charge in [-0.3, -0.25) is 0 Å². The summed E-state index contributed by atoms with van der Waals surface area (Å²) in [7, 11) is 0. The van der Waals surface area contributed by atoms with Crippen LogP contribution in [-0.2, 0) is 12.8 Å². The summed E-state index contributed by atoms with van der Waals surface area (Å²) in [5.41, 5.74) is 2.35. The van der Waals surface area contributed by atoms with Crippen LogP contribution in [0.2, 0.25) is 0 Å². The summed E-state index contributed by atoms with van der Waals surface area (Å²) in [6, 6.07) is 1.28. The molecule has 3 nitrogen and oxygen atoms in total. The summed E-state index contributed by atoms with van der Waals surface area (Å²) < 4.78 is 0.